The van der Waals surface area contributed by atoms with Crippen LogP contribution in [0.5, 0.6) is 5.75 Å². The zero-order valence-electron chi connectivity index (χ0n) is 11.2. The van der Waals surface area contributed by atoms with Crippen molar-refractivity contribution >= 4 is 11.6 Å². The minimum absolute atomic E-state index is 0.466. The first kappa shape index (κ1) is 13.9. The molecule has 0 fully saturated rings. The van der Waals surface area contributed by atoms with Crippen molar-refractivity contribution in [2.45, 2.75) is 19.4 Å². The van der Waals surface area contributed by atoms with Gasteiger partial charge >= 0.3 is 0 Å². The van der Waals surface area contributed by atoms with E-state index < -0.39 is 6.10 Å². The SMILES string of the molecule is COc1ccc(Cl)cc1C(O)Cc1cc(C)nn1C. The lowest BCUT2D eigenvalue weighted by molar-refractivity contribution is 0.171. The fourth-order valence-corrected chi connectivity index (χ4v) is 2.31. The van der Waals surface area contributed by atoms with Gasteiger partial charge in [-0.15, -0.1) is 0 Å². The molecule has 1 aromatic carbocycles. The van der Waals surface area contributed by atoms with Crippen LogP contribution in [0.2, 0.25) is 5.02 Å². The molecule has 0 spiro atoms. The summed E-state index contributed by atoms with van der Waals surface area (Å²) in [5, 5.41) is 15.2. The Hall–Kier alpha value is -1.52. The van der Waals surface area contributed by atoms with Crippen LogP contribution in [0.3, 0.4) is 0 Å². The number of aliphatic hydroxyl groups excluding tert-OH is 1. The van der Waals surface area contributed by atoms with Gasteiger partial charge in [-0.05, 0) is 31.2 Å². The summed E-state index contributed by atoms with van der Waals surface area (Å²) in [4.78, 5) is 0. The van der Waals surface area contributed by atoms with E-state index in [1.165, 1.54) is 0 Å². The number of methoxy groups -OCH3 is 1. The Morgan fingerprint density at radius 1 is 1.42 bits per heavy atom. The second-order valence-corrected chi connectivity index (χ2v) is 4.94. The van der Waals surface area contributed by atoms with E-state index in [0.717, 1.165) is 11.4 Å². The Morgan fingerprint density at radius 3 is 2.74 bits per heavy atom. The van der Waals surface area contributed by atoms with Gasteiger partial charge in [-0.2, -0.15) is 5.10 Å². The van der Waals surface area contributed by atoms with E-state index in [4.69, 9.17) is 16.3 Å². The second kappa shape index (κ2) is 5.63. The molecule has 1 unspecified atom stereocenters. The van der Waals surface area contributed by atoms with Gasteiger partial charge in [-0.1, -0.05) is 11.6 Å². The van der Waals surface area contributed by atoms with Crippen LogP contribution in [0.4, 0.5) is 0 Å². The van der Waals surface area contributed by atoms with Gasteiger partial charge in [-0.3, -0.25) is 4.68 Å². The molecule has 0 saturated heterocycles. The molecule has 4 nitrogen and oxygen atoms in total. The fraction of sp³-hybridized carbons (Fsp3) is 0.357. The van der Waals surface area contributed by atoms with Crippen molar-refractivity contribution < 1.29 is 9.84 Å². The highest BCUT2D eigenvalue weighted by atomic mass is 35.5. The van der Waals surface area contributed by atoms with E-state index in [1.54, 1.807) is 30.0 Å². The molecule has 102 valence electrons. The molecule has 19 heavy (non-hydrogen) atoms. The molecule has 0 aliphatic carbocycles. The maximum absolute atomic E-state index is 10.4. The third kappa shape index (κ3) is 3.08. The van der Waals surface area contributed by atoms with Gasteiger partial charge in [-0.25, -0.2) is 0 Å². The smallest absolute Gasteiger partial charge is 0.124 e. The zero-order valence-corrected chi connectivity index (χ0v) is 12.0. The van der Waals surface area contributed by atoms with E-state index in [9.17, 15) is 5.11 Å². The van der Waals surface area contributed by atoms with Crippen molar-refractivity contribution in [2.24, 2.45) is 7.05 Å². The number of hydrogen-bond acceptors (Lipinski definition) is 3. The van der Waals surface area contributed by atoms with Crippen molar-refractivity contribution in [3.8, 4) is 5.75 Å². The van der Waals surface area contributed by atoms with Crippen LogP contribution in [0.25, 0.3) is 0 Å². The van der Waals surface area contributed by atoms with Crippen LogP contribution in [0.1, 0.15) is 23.1 Å². The third-order valence-corrected chi connectivity index (χ3v) is 3.29. The summed E-state index contributed by atoms with van der Waals surface area (Å²) in [5.41, 5.74) is 2.59. The molecule has 0 aliphatic rings. The first-order valence-corrected chi connectivity index (χ1v) is 6.40. The molecule has 1 atom stereocenters. The van der Waals surface area contributed by atoms with E-state index in [-0.39, 0.29) is 0 Å². The molecule has 0 bridgehead atoms. The van der Waals surface area contributed by atoms with Gasteiger partial charge in [0.15, 0.2) is 0 Å². The Kier molecular flexibility index (Phi) is 4.12. The minimum atomic E-state index is -0.677. The molecule has 1 aromatic heterocycles. The fourth-order valence-electron chi connectivity index (χ4n) is 2.13. The molecule has 1 heterocycles. The average Bonchev–Trinajstić information content (AvgIpc) is 2.67. The van der Waals surface area contributed by atoms with Crippen molar-refractivity contribution in [1.82, 2.24) is 9.78 Å². The number of halogens is 1. The van der Waals surface area contributed by atoms with Crippen molar-refractivity contribution in [2.75, 3.05) is 7.11 Å². The number of aryl methyl sites for hydroxylation is 2. The van der Waals surface area contributed by atoms with Gasteiger partial charge in [0.1, 0.15) is 5.75 Å². The molecule has 0 saturated carbocycles. The number of aliphatic hydroxyl groups is 1. The highest BCUT2D eigenvalue weighted by Crippen LogP contribution is 2.30. The maximum Gasteiger partial charge on any atom is 0.124 e. The van der Waals surface area contributed by atoms with E-state index >= 15 is 0 Å². The van der Waals surface area contributed by atoms with Crippen LogP contribution < -0.4 is 4.74 Å². The molecule has 1 N–H and O–H groups in total. The first-order valence-electron chi connectivity index (χ1n) is 6.02. The number of ether oxygens (including phenoxy) is 1. The highest BCUT2D eigenvalue weighted by molar-refractivity contribution is 6.30. The summed E-state index contributed by atoms with van der Waals surface area (Å²) in [6, 6.07) is 7.19. The quantitative estimate of drug-likeness (QED) is 0.937. The molecule has 2 rings (SSSR count). The van der Waals surface area contributed by atoms with Crippen molar-refractivity contribution in [3.05, 3.63) is 46.2 Å². The number of aromatic nitrogens is 2. The first-order chi connectivity index (χ1) is 9.01. The molecule has 5 heteroatoms. The topological polar surface area (TPSA) is 47.3 Å². The predicted octanol–water partition coefficient (Wildman–Crippen LogP) is 2.67. The van der Waals surface area contributed by atoms with Gasteiger partial charge in [0.05, 0.1) is 18.9 Å². The van der Waals surface area contributed by atoms with Gasteiger partial charge in [0, 0.05) is 29.7 Å². The van der Waals surface area contributed by atoms with Crippen molar-refractivity contribution in [1.29, 1.82) is 0 Å². The minimum Gasteiger partial charge on any atom is -0.496 e. The predicted molar refractivity (Wildman–Crippen MR) is 74.6 cm³/mol. The Morgan fingerprint density at radius 2 is 2.16 bits per heavy atom. The molecular weight excluding hydrogens is 264 g/mol. The summed E-state index contributed by atoms with van der Waals surface area (Å²) < 4.78 is 7.03. The molecular formula is C14H17ClN2O2. The summed E-state index contributed by atoms with van der Waals surface area (Å²) in [7, 11) is 3.44. The summed E-state index contributed by atoms with van der Waals surface area (Å²) in [6.45, 7) is 1.93. The standard InChI is InChI=1S/C14H17ClN2O2/c1-9-6-11(17(2)16-9)8-13(18)12-7-10(15)4-5-14(12)19-3/h4-7,13,18H,8H2,1-3H3. The largest absolute Gasteiger partial charge is 0.496 e. The molecule has 2 aromatic rings. The van der Waals surface area contributed by atoms with E-state index in [2.05, 4.69) is 5.10 Å². The second-order valence-electron chi connectivity index (χ2n) is 4.51. The summed E-state index contributed by atoms with van der Waals surface area (Å²) >= 11 is 5.97. The lowest BCUT2D eigenvalue weighted by Gasteiger charge is -2.15. The van der Waals surface area contributed by atoms with Gasteiger partial charge in [0.25, 0.3) is 0 Å². The maximum atomic E-state index is 10.4. The van der Waals surface area contributed by atoms with Crippen LogP contribution in [-0.4, -0.2) is 22.0 Å². The van der Waals surface area contributed by atoms with Gasteiger partial charge in [0.2, 0.25) is 0 Å². The van der Waals surface area contributed by atoms with Crippen LogP contribution in [-0.2, 0) is 13.5 Å². The van der Waals surface area contributed by atoms with Crippen LogP contribution in [0, 0.1) is 6.92 Å². The van der Waals surface area contributed by atoms with Crippen molar-refractivity contribution in [3.63, 3.8) is 0 Å². The normalized spacial score (nSPS) is 12.5. The Balaban J connectivity index is 2.26. The molecule has 0 aliphatic heterocycles. The number of benzene rings is 1. The Bertz CT molecular complexity index is 581. The van der Waals surface area contributed by atoms with E-state index in [0.29, 0.717) is 22.8 Å². The average molecular weight is 281 g/mol. The number of nitrogens with zero attached hydrogens (tertiary/aromatic N) is 2. The summed E-state index contributed by atoms with van der Waals surface area (Å²) in [5.74, 6) is 0.635. The Labute approximate surface area is 117 Å². The summed E-state index contributed by atoms with van der Waals surface area (Å²) in [6.07, 6.45) is -0.211. The van der Waals surface area contributed by atoms with Gasteiger partial charge < -0.3 is 9.84 Å². The molecule has 0 radical (unpaired) electrons. The monoisotopic (exact) mass is 280 g/mol. The third-order valence-electron chi connectivity index (χ3n) is 3.05. The highest BCUT2D eigenvalue weighted by Gasteiger charge is 2.16. The number of rotatable bonds is 4. The van der Waals surface area contributed by atoms with E-state index in [1.807, 2.05) is 20.0 Å². The lowest BCUT2D eigenvalue weighted by Crippen LogP contribution is -2.07. The van der Waals surface area contributed by atoms with Crippen LogP contribution >= 0.6 is 11.6 Å². The zero-order chi connectivity index (χ0) is 14.0. The van der Waals surface area contributed by atoms with Crippen LogP contribution in [0.15, 0.2) is 24.3 Å². The number of hydrogen-bond donors (Lipinski definition) is 1. The lowest BCUT2D eigenvalue weighted by atomic mass is 10.0. The molecule has 0 amide bonds.